The summed E-state index contributed by atoms with van der Waals surface area (Å²) >= 11 is 0. The minimum Gasteiger partial charge on any atom is -0.381 e. The summed E-state index contributed by atoms with van der Waals surface area (Å²) in [5.41, 5.74) is 5.54. The summed E-state index contributed by atoms with van der Waals surface area (Å²) in [5, 5.41) is 3.03. The molecule has 1 rings (SSSR count). The molecule has 0 aliphatic heterocycles. The van der Waals surface area contributed by atoms with E-state index in [2.05, 4.69) is 19.2 Å². The van der Waals surface area contributed by atoms with Crippen LogP contribution < -0.4 is 11.1 Å². The van der Waals surface area contributed by atoms with Crippen LogP contribution in [-0.2, 0) is 9.53 Å². The second-order valence-corrected chi connectivity index (χ2v) is 6.12. The molecule has 0 spiro atoms. The fourth-order valence-corrected chi connectivity index (χ4v) is 2.64. The first-order valence-corrected chi connectivity index (χ1v) is 7.67. The molecule has 0 heterocycles. The summed E-state index contributed by atoms with van der Waals surface area (Å²) in [6, 6.07) is 0. The minimum atomic E-state index is -0.295. The molecule has 1 aliphatic carbocycles. The quantitative estimate of drug-likeness (QED) is 0.664. The lowest BCUT2D eigenvalue weighted by molar-refractivity contribution is -0.132. The number of nitrogens with two attached hydrogens (primary N) is 1. The minimum absolute atomic E-state index is 0.151. The Kier molecular flexibility index (Phi) is 7.39. The van der Waals surface area contributed by atoms with Crippen molar-refractivity contribution >= 4 is 5.91 Å². The Morgan fingerprint density at radius 1 is 1.32 bits per heavy atom. The third-order valence-corrected chi connectivity index (χ3v) is 3.89. The highest BCUT2D eigenvalue weighted by molar-refractivity contribution is 5.82. The van der Waals surface area contributed by atoms with Crippen LogP contribution in [-0.4, -0.2) is 32.2 Å². The fourth-order valence-electron chi connectivity index (χ4n) is 2.64. The molecule has 0 aromatic rings. The largest absolute Gasteiger partial charge is 0.381 e. The zero-order valence-corrected chi connectivity index (χ0v) is 12.5. The molecule has 4 heteroatoms. The van der Waals surface area contributed by atoms with E-state index in [0.717, 1.165) is 38.7 Å². The van der Waals surface area contributed by atoms with E-state index in [1.807, 2.05) is 0 Å². The maximum absolute atomic E-state index is 12.3. The van der Waals surface area contributed by atoms with E-state index in [1.165, 1.54) is 6.42 Å². The first-order valence-electron chi connectivity index (χ1n) is 7.67. The zero-order valence-electron chi connectivity index (χ0n) is 12.5. The van der Waals surface area contributed by atoms with Crippen LogP contribution in [0.2, 0.25) is 0 Å². The van der Waals surface area contributed by atoms with E-state index >= 15 is 0 Å². The van der Waals surface area contributed by atoms with E-state index in [1.54, 1.807) is 0 Å². The molecule has 1 saturated carbocycles. The third kappa shape index (κ3) is 5.49. The second kappa shape index (κ2) is 8.54. The molecule has 1 aliphatic rings. The average Bonchev–Trinajstić information content (AvgIpc) is 2.42. The molecule has 1 fully saturated rings. The van der Waals surface area contributed by atoms with Crippen LogP contribution in [0.5, 0.6) is 0 Å². The molecular weight excluding hydrogens is 240 g/mol. The van der Waals surface area contributed by atoms with E-state index in [4.69, 9.17) is 10.5 Å². The first kappa shape index (κ1) is 16.4. The fraction of sp³-hybridized carbons (Fsp3) is 0.933. The molecule has 3 N–H and O–H groups in total. The van der Waals surface area contributed by atoms with Crippen molar-refractivity contribution in [1.82, 2.24) is 5.32 Å². The van der Waals surface area contributed by atoms with Gasteiger partial charge in [-0.05, 0) is 25.2 Å². The monoisotopic (exact) mass is 270 g/mol. The van der Waals surface area contributed by atoms with Gasteiger partial charge in [0.25, 0.3) is 0 Å². The molecule has 0 saturated heterocycles. The lowest BCUT2D eigenvalue weighted by Gasteiger charge is -2.34. The zero-order chi connectivity index (χ0) is 14.1. The highest BCUT2D eigenvalue weighted by Crippen LogP contribution is 2.35. The maximum Gasteiger partial charge on any atom is 0.227 e. The van der Waals surface area contributed by atoms with Gasteiger partial charge in [-0.15, -0.1) is 0 Å². The van der Waals surface area contributed by atoms with Gasteiger partial charge in [0, 0.05) is 26.3 Å². The van der Waals surface area contributed by atoms with Crippen molar-refractivity contribution in [3.05, 3.63) is 0 Å². The Morgan fingerprint density at radius 3 is 2.58 bits per heavy atom. The topological polar surface area (TPSA) is 64.3 Å². The van der Waals surface area contributed by atoms with Gasteiger partial charge in [-0.1, -0.05) is 33.1 Å². The molecule has 0 aromatic carbocycles. The van der Waals surface area contributed by atoms with E-state index in [9.17, 15) is 4.79 Å². The lowest BCUT2D eigenvalue weighted by Crippen LogP contribution is -2.47. The summed E-state index contributed by atoms with van der Waals surface area (Å²) in [5.74, 6) is 0.718. The highest BCUT2D eigenvalue weighted by atomic mass is 16.5. The van der Waals surface area contributed by atoms with Crippen molar-refractivity contribution < 1.29 is 9.53 Å². The molecule has 0 aromatic heterocycles. The first-order chi connectivity index (χ1) is 9.10. The molecule has 0 bridgehead atoms. The Balaban J connectivity index is 2.18. The van der Waals surface area contributed by atoms with Crippen LogP contribution >= 0.6 is 0 Å². The van der Waals surface area contributed by atoms with Gasteiger partial charge in [0.05, 0.1) is 5.41 Å². The predicted octanol–water partition coefficient (Wildman–Crippen LogP) is 2.07. The molecule has 0 radical (unpaired) electrons. The van der Waals surface area contributed by atoms with Gasteiger partial charge in [-0.2, -0.15) is 0 Å². The molecular formula is C15H30N2O2. The number of nitrogens with one attached hydrogen (secondary N) is 1. The van der Waals surface area contributed by atoms with E-state index in [0.29, 0.717) is 25.6 Å². The van der Waals surface area contributed by atoms with Crippen molar-refractivity contribution in [2.45, 2.75) is 52.4 Å². The number of carbonyl (C=O) groups is 1. The number of hydrogen-bond donors (Lipinski definition) is 2. The van der Waals surface area contributed by atoms with Gasteiger partial charge in [-0.25, -0.2) is 0 Å². The molecule has 0 unspecified atom stereocenters. The van der Waals surface area contributed by atoms with Crippen molar-refractivity contribution in [3.8, 4) is 0 Å². The molecule has 112 valence electrons. The Bertz CT molecular complexity index is 261. The van der Waals surface area contributed by atoms with E-state index < -0.39 is 0 Å². The van der Waals surface area contributed by atoms with Crippen molar-refractivity contribution in [2.24, 2.45) is 17.1 Å². The smallest absolute Gasteiger partial charge is 0.227 e. The van der Waals surface area contributed by atoms with Crippen LogP contribution in [0.3, 0.4) is 0 Å². The number of amides is 1. The van der Waals surface area contributed by atoms with Gasteiger partial charge < -0.3 is 15.8 Å². The predicted molar refractivity (Wildman–Crippen MR) is 77.9 cm³/mol. The van der Waals surface area contributed by atoms with Gasteiger partial charge in [0.15, 0.2) is 0 Å². The summed E-state index contributed by atoms with van der Waals surface area (Å²) in [6.45, 7) is 6.95. The summed E-state index contributed by atoms with van der Waals surface area (Å²) < 4.78 is 5.50. The third-order valence-electron chi connectivity index (χ3n) is 3.89. The highest BCUT2D eigenvalue weighted by Gasteiger charge is 2.37. The van der Waals surface area contributed by atoms with Crippen molar-refractivity contribution in [2.75, 3.05) is 26.3 Å². The molecule has 0 atom stereocenters. The van der Waals surface area contributed by atoms with Gasteiger partial charge in [0.1, 0.15) is 0 Å². The van der Waals surface area contributed by atoms with Crippen LogP contribution in [0.1, 0.15) is 52.4 Å². The van der Waals surface area contributed by atoms with Crippen LogP contribution in [0.15, 0.2) is 0 Å². The molecule has 1 amide bonds. The Morgan fingerprint density at radius 2 is 2.00 bits per heavy atom. The average molecular weight is 270 g/mol. The lowest BCUT2D eigenvalue weighted by atomic mass is 9.73. The van der Waals surface area contributed by atoms with Crippen LogP contribution in [0, 0.1) is 11.3 Å². The summed E-state index contributed by atoms with van der Waals surface area (Å²) in [4.78, 5) is 12.3. The Hall–Kier alpha value is -0.610. The SMILES string of the molecule is CC(C)COCCCNC(=O)C1(CN)CCCCC1. The summed E-state index contributed by atoms with van der Waals surface area (Å²) in [6.07, 6.45) is 6.25. The number of hydrogen-bond acceptors (Lipinski definition) is 3. The van der Waals surface area contributed by atoms with Gasteiger partial charge in [-0.3, -0.25) is 4.79 Å². The van der Waals surface area contributed by atoms with Crippen LogP contribution in [0.25, 0.3) is 0 Å². The summed E-state index contributed by atoms with van der Waals surface area (Å²) in [7, 11) is 0. The van der Waals surface area contributed by atoms with E-state index in [-0.39, 0.29) is 11.3 Å². The van der Waals surface area contributed by atoms with Crippen molar-refractivity contribution in [3.63, 3.8) is 0 Å². The second-order valence-electron chi connectivity index (χ2n) is 6.12. The molecule has 19 heavy (non-hydrogen) atoms. The van der Waals surface area contributed by atoms with Crippen LogP contribution in [0.4, 0.5) is 0 Å². The standard InChI is InChI=1S/C15H30N2O2/c1-13(2)11-19-10-6-9-17-14(18)15(12-16)7-4-3-5-8-15/h13H,3-12,16H2,1-2H3,(H,17,18). The molecule has 4 nitrogen and oxygen atoms in total. The number of carbonyl (C=O) groups excluding carboxylic acids is 1. The normalized spacial score (nSPS) is 18.5. The number of rotatable bonds is 8. The Labute approximate surface area is 117 Å². The van der Waals surface area contributed by atoms with Crippen molar-refractivity contribution in [1.29, 1.82) is 0 Å². The number of ether oxygens (including phenoxy) is 1. The van der Waals surface area contributed by atoms with Gasteiger partial charge >= 0.3 is 0 Å². The van der Waals surface area contributed by atoms with Gasteiger partial charge in [0.2, 0.25) is 5.91 Å². The maximum atomic E-state index is 12.3.